The second-order valence-electron chi connectivity index (χ2n) is 8.99. The van der Waals surface area contributed by atoms with Gasteiger partial charge in [-0.15, -0.1) is 0 Å². The molecule has 4 heteroatoms. The molecular weight excluding hydrogens is 548 g/mol. The minimum atomic E-state index is -3.22. The third kappa shape index (κ3) is 4.73. The van der Waals surface area contributed by atoms with Crippen LogP contribution in [0.1, 0.15) is 5.56 Å². The van der Waals surface area contributed by atoms with Crippen LogP contribution in [0, 0.1) is 0 Å². The molecule has 1 heterocycles. The van der Waals surface area contributed by atoms with E-state index in [9.17, 15) is 0 Å². The Labute approximate surface area is 229 Å². The van der Waals surface area contributed by atoms with Crippen molar-refractivity contribution >= 4 is 64.2 Å². The van der Waals surface area contributed by atoms with Crippen LogP contribution in [0.5, 0.6) is 0 Å². The number of para-hydroxylation sites is 1. The van der Waals surface area contributed by atoms with Crippen LogP contribution < -0.4 is 20.5 Å². The van der Waals surface area contributed by atoms with Gasteiger partial charge in [0.15, 0.2) is 0 Å². The van der Waals surface area contributed by atoms with Crippen LogP contribution in [0.4, 0.5) is 0 Å². The average Bonchev–Trinajstić information content (AvgIpc) is 3.39. The van der Waals surface area contributed by atoms with Crippen molar-refractivity contribution < 1.29 is 4.57 Å². The van der Waals surface area contributed by atoms with Gasteiger partial charge in [-0.2, -0.15) is 0 Å². The summed E-state index contributed by atoms with van der Waals surface area (Å²) in [6, 6.07) is 51.4. The maximum atomic E-state index is 15.6. The maximum absolute atomic E-state index is 15.6. The summed E-state index contributed by atoms with van der Waals surface area (Å²) in [6.45, 7) is 0. The van der Waals surface area contributed by atoms with Crippen molar-refractivity contribution in [2.75, 3.05) is 0 Å². The van der Waals surface area contributed by atoms with Crippen molar-refractivity contribution in [3.8, 4) is 0 Å². The number of nitrogens with zero attached hydrogens (tertiary/aromatic N) is 1. The van der Waals surface area contributed by atoms with Gasteiger partial charge in [0, 0.05) is 0 Å². The molecule has 0 aliphatic heterocycles. The van der Waals surface area contributed by atoms with Gasteiger partial charge in [0.25, 0.3) is 0 Å². The fraction of sp³-hybridized carbons (Fsp3) is 0. The molecule has 184 valence electrons. The third-order valence-electron chi connectivity index (χ3n) is 6.53. The second kappa shape index (κ2) is 10.9. The topological polar surface area (TPSA) is 22.0 Å². The number of fused-ring (bicyclic) bond motifs is 1. The fourth-order valence-corrected chi connectivity index (χ4v) is 9.85. The van der Waals surface area contributed by atoms with Crippen molar-refractivity contribution in [3.05, 3.63) is 157 Å². The summed E-state index contributed by atoms with van der Waals surface area (Å²) in [7, 11) is -3.22. The van der Waals surface area contributed by atoms with E-state index in [4.69, 9.17) is 0 Å². The van der Waals surface area contributed by atoms with Crippen LogP contribution in [-0.4, -0.2) is 19.5 Å². The molecule has 38 heavy (non-hydrogen) atoms. The Kier molecular flexibility index (Phi) is 6.99. The van der Waals surface area contributed by atoms with Gasteiger partial charge in [-0.25, -0.2) is 0 Å². The van der Waals surface area contributed by atoms with Crippen LogP contribution in [-0.2, 0) is 4.57 Å². The van der Waals surface area contributed by atoms with Crippen molar-refractivity contribution in [3.63, 3.8) is 0 Å². The monoisotopic (exact) mass is 575 g/mol. The summed E-state index contributed by atoms with van der Waals surface area (Å²) in [5.41, 5.74) is 3.02. The van der Waals surface area contributed by atoms with Gasteiger partial charge < -0.3 is 0 Å². The van der Waals surface area contributed by atoms with E-state index in [0.717, 1.165) is 37.1 Å². The first kappa shape index (κ1) is 24.5. The van der Waals surface area contributed by atoms with Crippen molar-refractivity contribution in [2.45, 2.75) is 0 Å². The van der Waals surface area contributed by atoms with Gasteiger partial charge in [0.05, 0.1) is 0 Å². The summed E-state index contributed by atoms with van der Waals surface area (Å²) in [5, 5.41) is 2.75. The van der Waals surface area contributed by atoms with Crippen molar-refractivity contribution in [1.82, 2.24) is 4.57 Å². The molecular formula is C34H26NOPSe. The molecule has 0 fully saturated rings. The molecule has 0 amide bonds. The minimum absolute atomic E-state index is 0.0359. The zero-order valence-electron chi connectivity index (χ0n) is 20.7. The van der Waals surface area contributed by atoms with Gasteiger partial charge in [-0.3, -0.25) is 0 Å². The Morgan fingerprint density at radius 3 is 1.71 bits per heavy atom. The molecule has 0 spiro atoms. The van der Waals surface area contributed by atoms with E-state index >= 15 is 4.57 Å². The first-order valence-corrected chi connectivity index (χ1v) is 16.0. The predicted molar refractivity (Wildman–Crippen MR) is 164 cm³/mol. The average molecular weight is 575 g/mol. The molecule has 0 saturated carbocycles. The van der Waals surface area contributed by atoms with Gasteiger partial charge in [-0.05, 0) is 0 Å². The van der Waals surface area contributed by atoms with E-state index in [1.165, 1.54) is 4.46 Å². The van der Waals surface area contributed by atoms with E-state index in [1.54, 1.807) is 0 Å². The molecule has 5 aromatic carbocycles. The van der Waals surface area contributed by atoms with E-state index in [0.29, 0.717) is 0 Å². The number of hydrogen-bond donors (Lipinski definition) is 0. The Hall–Kier alpha value is -3.87. The van der Waals surface area contributed by atoms with Crippen LogP contribution in [0.2, 0.25) is 0 Å². The van der Waals surface area contributed by atoms with Crippen molar-refractivity contribution in [2.24, 2.45) is 0 Å². The van der Waals surface area contributed by atoms with Gasteiger partial charge in [-0.1, -0.05) is 0 Å². The first-order valence-electron chi connectivity index (χ1n) is 12.6. The van der Waals surface area contributed by atoms with Crippen LogP contribution >= 0.6 is 7.14 Å². The molecule has 0 aliphatic rings. The van der Waals surface area contributed by atoms with Gasteiger partial charge in [0.1, 0.15) is 0 Å². The number of rotatable bonds is 7. The van der Waals surface area contributed by atoms with Crippen LogP contribution in [0.25, 0.3) is 21.6 Å². The summed E-state index contributed by atoms with van der Waals surface area (Å²) in [6.07, 6.45) is 2.25. The molecule has 1 aromatic heterocycles. The SMILES string of the molecule is O=P(c1ccccc1)(c1ccccc1)c1cc2ccccc2n1/C(=C\c1ccccc1)[Se]c1ccccc1. The molecule has 0 unspecified atom stereocenters. The molecule has 0 N–H and O–H groups in total. The molecule has 6 rings (SSSR count). The summed E-state index contributed by atoms with van der Waals surface area (Å²) in [5.74, 6) is 0. The Morgan fingerprint density at radius 1 is 0.605 bits per heavy atom. The zero-order chi connectivity index (χ0) is 25.8. The molecule has 0 atom stereocenters. The quantitative estimate of drug-likeness (QED) is 0.163. The molecule has 0 bridgehead atoms. The second-order valence-corrected chi connectivity index (χ2v) is 14.0. The van der Waals surface area contributed by atoms with Crippen molar-refractivity contribution in [1.29, 1.82) is 0 Å². The van der Waals surface area contributed by atoms with E-state index < -0.39 is 7.14 Å². The van der Waals surface area contributed by atoms with Gasteiger partial charge in [0.2, 0.25) is 0 Å². The van der Waals surface area contributed by atoms with Crippen LogP contribution in [0.3, 0.4) is 0 Å². The molecule has 0 aliphatic carbocycles. The fourth-order valence-electron chi connectivity index (χ4n) is 4.73. The normalized spacial score (nSPS) is 12.1. The van der Waals surface area contributed by atoms with E-state index in [2.05, 4.69) is 95.6 Å². The Balaban J connectivity index is 1.68. The molecule has 6 aromatic rings. The molecule has 0 saturated heterocycles. The standard InChI is InChI=1S/C34H26NOPSe/c36-37(29-18-7-2-8-19-29,30-20-9-3-10-21-30)33-26-28-17-13-14-24-32(28)35(33)34(25-27-15-5-1-6-16-27)38-31-22-11-4-12-23-31/h1-26H/b34-25+. The van der Waals surface area contributed by atoms with E-state index in [-0.39, 0.29) is 15.0 Å². The number of hydrogen-bond acceptors (Lipinski definition) is 1. The molecule has 0 radical (unpaired) electrons. The Morgan fingerprint density at radius 2 is 1.11 bits per heavy atom. The van der Waals surface area contributed by atoms with E-state index in [1.807, 2.05) is 66.7 Å². The predicted octanol–water partition coefficient (Wildman–Crippen LogP) is 6.27. The number of aromatic nitrogens is 1. The molecule has 2 nitrogen and oxygen atoms in total. The zero-order valence-corrected chi connectivity index (χ0v) is 23.3. The summed E-state index contributed by atoms with van der Waals surface area (Å²) in [4.78, 5) is 0. The third-order valence-corrected chi connectivity index (χ3v) is 11.7. The first-order chi connectivity index (χ1) is 18.7. The van der Waals surface area contributed by atoms with Gasteiger partial charge >= 0.3 is 231 Å². The van der Waals surface area contributed by atoms with Crippen LogP contribution in [0.15, 0.2) is 152 Å². The Bertz CT molecular complexity index is 1700. The number of benzene rings is 5. The summed E-state index contributed by atoms with van der Waals surface area (Å²) < 4.78 is 20.3. The summed E-state index contributed by atoms with van der Waals surface area (Å²) >= 11 is -0.0359.